The van der Waals surface area contributed by atoms with Gasteiger partial charge in [0.05, 0.1) is 42.7 Å². The molecule has 224 valence electrons. The van der Waals surface area contributed by atoms with Crippen molar-refractivity contribution in [3.8, 4) is 6.07 Å². The van der Waals surface area contributed by atoms with Crippen molar-refractivity contribution >= 4 is 5.52 Å². The number of nitrogens with zero attached hydrogens (tertiary/aromatic N) is 5. The number of fused-ring (bicyclic) bond motifs is 1. The van der Waals surface area contributed by atoms with E-state index in [1.165, 1.54) is 27.7 Å². The van der Waals surface area contributed by atoms with Crippen LogP contribution in [0.3, 0.4) is 0 Å². The Morgan fingerprint density at radius 1 is 1.20 bits per heavy atom. The van der Waals surface area contributed by atoms with E-state index < -0.39 is 17.4 Å². The summed E-state index contributed by atoms with van der Waals surface area (Å²) < 4.78 is 51.2. The third kappa shape index (κ3) is 5.67. The number of nitrogens with one attached hydrogen (secondary N) is 2. The highest BCUT2D eigenvalue weighted by molar-refractivity contribution is 5.56. The fourth-order valence-corrected chi connectivity index (χ4v) is 7.71. The summed E-state index contributed by atoms with van der Waals surface area (Å²) in [6.07, 6.45) is 3.82. The lowest BCUT2D eigenvalue weighted by atomic mass is 9.63. The van der Waals surface area contributed by atoms with Crippen molar-refractivity contribution in [2.75, 3.05) is 33.4 Å². The molecule has 0 amide bonds. The molecule has 0 aromatic carbocycles. The maximum absolute atomic E-state index is 14.3. The molecule has 4 aliphatic rings. The summed E-state index contributed by atoms with van der Waals surface area (Å²) >= 11 is 0. The molecule has 2 saturated heterocycles. The third-order valence-corrected chi connectivity index (χ3v) is 9.84. The molecule has 12 heteroatoms. The molecule has 2 N–H and O–H groups in total. The standard InChI is InChI=1S/C29H40F3N7O2/c1-18-13-37(6-7-41-18)14-20-10-24(29(30,31)32)25-16-38(28(40)39(25)15-20)23-9-19(12-33)8-22(11-23)26(21-4-3-5-21)27-35-34-17-36(27)2/h10,15-16,18-19,21-23,26-27,34-35H,3-9,11,13-14,17H2,1-2H3/t18-,19?,22?,23?,26-,27?/m1/s1. The zero-order valence-electron chi connectivity index (χ0n) is 23.7. The van der Waals surface area contributed by atoms with E-state index in [1.807, 2.05) is 6.92 Å². The lowest BCUT2D eigenvalue weighted by molar-refractivity contribution is -0.136. The highest BCUT2D eigenvalue weighted by Crippen LogP contribution is 2.48. The number of hydrogen-bond acceptors (Lipinski definition) is 7. The third-order valence-electron chi connectivity index (χ3n) is 9.84. The van der Waals surface area contributed by atoms with Crippen molar-refractivity contribution in [3.05, 3.63) is 40.1 Å². The number of alkyl halides is 3. The number of pyridine rings is 1. The van der Waals surface area contributed by atoms with Gasteiger partial charge in [0.2, 0.25) is 0 Å². The van der Waals surface area contributed by atoms with E-state index >= 15 is 0 Å². The number of morpholine rings is 1. The molecule has 4 fully saturated rings. The molecule has 2 aliphatic carbocycles. The van der Waals surface area contributed by atoms with E-state index in [2.05, 4.69) is 33.8 Å². The van der Waals surface area contributed by atoms with Crippen LogP contribution in [0.4, 0.5) is 13.2 Å². The van der Waals surface area contributed by atoms with Crippen LogP contribution in [0, 0.1) is 35.0 Å². The van der Waals surface area contributed by atoms with Crippen molar-refractivity contribution in [3.63, 3.8) is 0 Å². The molecule has 4 heterocycles. The second-order valence-corrected chi connectivity index (χ2v) is 12.6. The molecule has 2 saturated carbocycles. The zero-order valence-corrected chi connectivity index (χ0v) is 23.7. The highest BCUT2D eigenvalue weighted by atomic mass is 19.4. The first kappa shape index (κ1) is 28.7. The summed E-state index contributed by atoms with van der Waals surface area (Å²) in [5.74, 6) is 0.754. The quantitative estimate of drug-likeness (QED) is 0.545. The summed E-state index contributed by atoms with van der Waals surface area (Å²) in [5.41, 5.74) is 5.70. The van der Waals surface area contributed by atoms with Crippen LogP contribution in [0.15, 0.2) is 23.3 Å². The van der Waals surface area contributed by atoms with Gasteiger partial charge in [-0.25, -0.2) is 15.6 Å². The average molecular weight is 576 g/mol. The highest BCUT2D eigenvalue weighted by Gasteiger charge is 2.45. The van der Waals surface area contributed by atoms with Gasteiger partial charge in [-0.05, 0) is 62.6 Å². The van der Waals surface area contributed by atoms with Crippen molar-refractivity contribution in [2.24, 2.45) is 23.7 Å². The van der Waals surface area contributed by atoms with Gasteiger partial charge in [-0.3, -0.25) is 18.8 Å². The molecule has 41 heavy (non-hydrogen) atoms. The molecular weight excluding hydrogens is 535 g/mol. The topological polar surface area (TPSA) is 90.0 Å². The Hall–Kier alpha value is -2.43. The first-order chi connectivity index (χ1) is 19.6. The number of ether oxygens (including phenoxy) is 1. The van der Waals surface area contributed by atoms with Crippen LogP contribution < -0.4 is 16.5 Å². The summed E-state index contributed by atoms with van der Waals surface area (Å²) in [5, 5.41) is 10.0. The lowest BCUT2D eigenvalue weighted by Gasteiger charge is -2.46. The van der Waals surface area contributed by atoms with Crippen LogP contribution in [0.1, 0.15) is 62.6 Å². The van der Waals surface area contributed by atoms with Gasteiger partial charge < -0.3 is 4.74 Å². The zero-order chi connectivity index (χ0) is 28.9. The Morgan fingerprint density at radius 2 is 2.00 bits per heavy atom. The van der Waals surface area contributed by atoms with Gasteiger partial charge >= 0.3 is 11.9 Å². The molecule has 0 spiro atoms. The van der Waals surface area contributed by atoms with Crippen LogP contribution >= 0.6 is 0 Å². The number of nitriles is 1. The fraction of sp³-hybridized carbons (Fsp3) is 0.724. The lowest BCUT2D eigenvalue weighted by Crippen LogP contribution is -2.50. The van der Waals surface area contributed by atoms with E-state index in [0.717, 1.165) is 25.9 Å². The van der Waals surface area contributed by atoms with E-state index in [1.54, 1.807) is 6.20 Å². The monoisotopic (exact) mass is 575 g/mol. The summed E-state index contributed by atoms with van der Waals surface area (Å²) in [4.78, 5) is 18.1. The molecule has 0 bridgehead atoms. The summed E-state index contributed by atoms with van der Waals surface area (Å²) in [6.45, 7) is 4.75. The van der Waals surface area contributed by atoms with Crippen molar-refractivity contribution in [1.29, 1.82) is 5.26 Å². The number of imidazole rings is 1. The second kappa shape index (κ2) is 11.3. The van der Waals surface area contributed by atoms with Crippen LogP contribution in [0.2, 0.25) is 0 Å². The molecule has 2 aliphatic heterocycles. The average Bonchev–Trinajstić information content (AvgIpc) is 3.47. The first-order valence-corrected chi connectivity index (χ1v) is 14.9. The first-order valence-electron chi connectivity index (χ1n) is 14.9. The Kier molecular flexibility index (Phi) is 7.93. The Balaban J connectivity index is 1.35. The van der Waals surface area contributed by atoms with Crippen LogP contribution in [-0.4, -0.2) is 64.5 Å². The molecule has 0 radical (unpaired) electrons. The number of rotatable bonds is 6. The molecule has 2 aromatic rings. The van der Waals surface area contributed by atoms with Crippen LogP contribution in [0.25, 0.3) is 5.52 Å². The van der Waals surface area contributed by atoms with Gasteiger partial charge in [-0.15, -0.1) is 0 Å². The van der Waals surface area contributed by atoms with Crippen molar-refractivity contribution < 1.29 is 17.9 Å². The molecule has 4 unspecified atom stereocenters. The SMILES string of the molecule is C[C@@H]1CN(Cc2cc(C(F)(F)F)c3cn(C4CC(C#N)CC([C@@H](C5CCC5)C5NNCN5C)C4)c(=O)n3c2)CCO1. The van der Waals surface area contributed by atoms with Gasteiger partial charge in [-0.1, -0.05) is 19.3 Å². The maximum atomic E-state index is 14.3. The van der Waals surface area contributed by atoms with Gasteiger partial charge in [0.15, 0.2) is 0 Å². The van der Waals surface area contributed by atoms with E-state index in [-0.39, 0.29) is 35.7 Å². The minimum atomic E-state index is -4.61. The molecule has 6 rings (SSSR count). The number of hydrazine groups is 1. The second-order valence-electron chi connectivity index (χ2n) is 12.6. The van der Waals surface area contributed by atoms with Gasteiger partial charge in [0.25, 0.3) is 0 Å². The van der Waals surface area contributed by atoms with E-state index in [9.17, 15) is 23.2 Å². The predicted molar refractivity (Wildman–Crippen MR) is 146 cm³/mol. The largest absolute Gasteiger partial charge is 0.418 e. The summed E-state index contributed by atoms with van der Waals surface area (Å²) in [6, 6.07) is 3.29. The van der Waals surface area contributed by atoms with E-state index in [0.29, 0.717) is 56.5 Å². The predicted octanol–water partition coefficient (Wildman–Crippen LogP) is 3.56. The van der Waals surface area contributed by atoms with Crippen LogP contribution in [-0.2, 0) is 17.5 Å². The van der Waals surface area contributed by atoms with Crippen LogP contribution in [0.5, 0.6) is 0 Å². The molecule has 9 nitrogen and oxygen atoms in total. The minimum absolute atomic E-state index is 0.00413. The minimum Gasteiger partial charge on any atom is -0.376 e. The van der Waals surface area contributed by atoms with Gasteiger partial charge in [-0.2, -0.15) is 18.4 Å². The number of hydrogen-bond donors (Lipinski definition) is 2. The Bertz CT molecular complexity index is 1350. The van der Waals surface area contributed by atoms with E-state index in [4.69, 9.17) is 4.74 Å². The normalized spacial score (nSPS) is 31.3. The van der Waals surface area contributed by atoms with Crippen molar-refractivity contribution in [1.82, 2.24) is 29.6 Å². The van der Waals surface area contributed by atoms with Crippen molar-refractivity contribution in [2.45, 2.75) is 76.5 Å². The smallest absolute Gasteiger partial charge is 0.376 e. The Labute approximate surface area is 238 Å². The number of halogens is 3. The fourth-order valence-electron chi connectivity index (χ4n) is 7.71. The van der Waals surface area contributed by atoms with Gasteiger partial charge in [0.1, 0.15) is 0 Å². The molecule has 2 aromatic heterocycles. The maximum Gasteiger partial charge on any atom is 0.418 e. The Morgan fingerprint density at radius 3 is 2.63 bits per heavy atom. The van der Waals surface area contributed by atoms with Gasteiger partial charge in [0, 0.05) is 44.0 Å². The summed E-state index contributed by atoms with van der Waals surface area (Å²) in [7, 11) is 2.07. The molecule has 6 atom stereocenters. The molecular formula is C29H40F3N7O2. The number of aromatic nitrogens is 2.